The van der Waals surface area contributed by atoms with Crippen LogP contribution in [-0.2, 0) is 28.6 Å². The van der Waals surface area contributed by atoms with Gasteiger partial charge in [-0.1, -0.05) is 11.6 Å². The number of hydrogen-bond acceptors (Lipinski definition) is 6. The second-order valence-corrected chi connectivity index (χ2v) is 13.6. The minimum Gasteiger partial charge on any atom is -0.397 e. The lowest BCUT2D eigenvalue weighted by atomic mass is 9.91. The van der Waals surface area contributed by atoms with Crippen LogP contribution in [-0.4, -0.2) is 96.3 Å². The lowest BCUT2D eigenvalue weighted by Gasteiger charge is -2.39. The first kappa shape index (κ1) is 33.3. The standard InChI is InChI=1S/C31H40ClF3N6O3S/c1-38(2)22-4-10-40(11-5-22)29(43)21(13-19-14-24(31(33,34)35)28(36)25(32)15-19)16-27(42)39-8-6-23(7-9-39)41-12-3-20-17-45-18-26(20)37-30(41)44/h14-15,17-18,21-23H,3-13,16,36H2,1-2H3,(H,37,44)/t21-/m0/s1. The molecule has 0 radical (unpaired) electrons. The molecule has 2 aromatic rings. The van der Waals surface area contributed by atoms with E-state index in [0.29, 0.717) is 51.6 Å². The zero-order valence-electron chi connectivity index (χ0n) is 25.5. The first-order chi connectivity index (χ1) is 21.3. The van der Waals surface area contributed by atoms with Gasteiger partial charge in [-0.3, -0.25) is 9.59 Å². The fourth-order valence-corrected chi connectivity index (χ4v) is 7.76. The number of carbonyl (C=O) groups is 3. The number of alkyl halides is 3. The van der Waals surface area contributed by atoms with Crippen molar-refractivity contribution in [2.75, 3.05) is 57.9 Å². The number of halogens is 4. The van der Waals surface area contributed by atoms with Gasteiger partial charge in [0.2, 0.25) is 11.8 Å². The van der Waals surface area contributed by atoms with Crippen molar-refractivity contribution in [2.24, 2.45) is 5.92 Å². The molecule has 3 N–H and O–H groups in total. The van der Waals surface area contributed by atoms with Gasteiger partial charge in [-0.2, -0.15) is 13.2 Å². The highest BCUT2D eigenvalue weighted by molar-refractivity contribution is 7.08. The van der Waals surface area contributed by atoms with Gasteiger partial charge in [-0.15, -0.1) is 11.3 Å². The van der Waals surface area contributed by atoms with E-state index in [1.165, 1.54) is 6.07 Å². The quantitative estimate of drug-likeness (QED) is 0.396. The Kier molecular flexibility index (Phi) is 10.2. The van der Waals surface area contributed by atoms with Crippen LogP contribution in [0.1, 0.15) is 48.8 Å². The Hall–Kier alpha value is -3.03. The molecular weight excluding hydrogens is 629 g/mol. The zero-order chi connectivity index (χ0) is 32.5. The number of carbonyl (C=O) groups excluding carboxylic acids is 3. The van der Waals surface area contributed by atoms with Gasteiger partial charge in [0, 0.05) is 56.6 Å². The van der Waals surface area contributed by atoms with E-state index in [4.69, 9.17) is 17.3 Å². The fourth-order valence-electron chi connectivity index (χ4n) is 6.69. The summed E-state index contributed by atoms with van der Waals surface area (Å²) in [6, 6.07) is 2.46. The van der Waals surface area contributed by atoms with Crippen molar-refractivity contribution in [1.82, 2.24) is 19.6 Å². The molecule has 3 aliphatic rings. The van der Waals surface area contributed by atoms with Crippen LogP contribution in [0.2, 0.25) is 5.02 Å². The molecule has 45 heavy (non-hydrogen) atoms. The molecule has 0 spiro atoms. The zero-order valence-corrected chi connectivity index (χ0v) is 27.1. The van der Waals surface area contributed by atoms with Crippen LogP contribution in [0.15, 0.2) is 22.9 Å². The number of thiophene rings is 1. The van der Waals surface area contributed by atoms with Gasteiger partial charge in [-0.05, 0) is 81.3 Å². The van der Waals surface area contributed by atoms with Crippen molar-refractivity contribution < 1.29 is 27.6 Å². The molecule has 5 rings (SSSR count). The number of hydrogen-bond donors (Lipinski definition) is 2. The average Bonchev–Trinajstić information content (AvgIpc) is 3.37. The third-order valence-electron chi connectivity index (χ3n) is 9.38. The van der Waals surface area contributed by atoms with Gasteiger partial charge in [0.05, 0.1) is 27.9 Å². The van der Waals surface area contributed by atoms with E-state index < -0.39 is 23.3 Å². The molecular formula is C31H40ClF3N6O3S. The van der Waals surface area contributed by atoms with Crippen LogP contribution in [0.4, 0.5) is 29.3 Å². The Morgan fingerprint density at radius 2 is 1.73 bits per heavy atom. The summed E-state index contributed by atoms with van der Waals surface area (Å²) in [5.74, 6) is -1.33. The van der Waals surface area contributed by atoms with E-state index in [1.807, 2.05) is 29.8 Å². The average molecular weight is 669 g/mol. The number of piperidine rings is 2. The number of amides is 4. The SMILES string of the molecule is CN(C)C1CCN(C(=O)[C@H](CC(=O)N2CCC(N3CCc4cscc4NC3=O)CC2)Cc2cc(Cl)c(N)c(C(F)(F)F)c2)CC1. The molecule has 1 aromatic carbocycles. The van der Waals surface area contributed by atoms with E-state index >= 15 is 0 Å². The summed E-state index contributed by atoms with van der Waals surface area (Å²) in [6.45, 7) is 2.47. The highest BCUT2D eigenvalue weighted by Gasteiger charge is 2.37. The Morgan fingerprint density at radius 3 is 2.38 bits per heavy atom. The van der Waals surface area contributed by atoms with Crippen molar-refractivity contribution in [1.29, 1.82) is 0 Å². The molecule has 0 unspecified atom stereocenters. The van der Waals surface area contributed by atoms with Crippen LogP contribution < -0.4 is 11.1 Å². The highest BCUT2D eigenvalue weighted by atomic mass is 35.5. The van der Waals surface area contributed by atoms with Crippen LogP contribution >= 0.6 is 22.9 Å². The summed E-state index contributed by atoms with van der Waals surface area (Å²) in [5, 5.41) is 6.73. The molecule has 9 nitrogen and oxygen atoms in total. The van der Waals surface area contributed by atoms with Gasteiger partial charge in [-0.25, -0.2) is 4.79 Å². The number of nitrogen functional groups attached to an aromatic ring is 1. The molecule has 0 bridgehead atoms. The van der Waals surface area contributed by atoms with Crippen molar-refractivity contribution in [2.45, 2.75) is 63.2 Å². The number of rotatable bonds is 7. The van der Waals surface area contributed by atoms with Crippen molar-refractivity contribution >= 4 is 52.2 Å². The lowest BCUT2D eigenvalue weighted by molar-refractivity contribution is -0.143. The number of fused-ring (bicyclic) bond motifs is 1. The smallest absolute Gasteiger partial charge is 0.397 e. The highest BCUT2D eigenvalue weighted by Crippen LogP contribution is 2.38. The van der Waals surface area contributed by atoms with Crippen LogP contribution in [0, 0.1) is 5.92 Å². The van der Waals surface area contributed by atoms with E-state index in [1.54, 1.807) is 21.1 Å². The Balaban J connectivity index is 1.27. The number of nitrogens with one attached hydrogen (secondary N) is 1. The first-order valence-electron chi connectivity index (χ1n) is 15.3. The van der Waals surface area contributed by atoms with Gasteiger partial charge in [0.25, 0.3) is 0 Å². The topological polar surface area (TPSA) is 102 Å². The molecule has 3 aliphatic heterocycles. The minimum absolute atomic E-state index is 0.0186. The predicted molar refractivity (Wildman–Crippen MR) is 169 cm³/mol. The third kappa shape index (κ3) is 7.69. The van der Waals surface area contributed by atoms with Gasteiger partial charge in [0.15, 0.2) is 0 Å². The predicted octanol–water partition coefficient (Wildman–Crippen LogP) is 5.19. The normalized spacial score (nSPS) is 19.4. The fraction of sp³-hybridized carbons (Fsp3) is 0.581. The van der Waals surface area contributed by atoms with Crippen molar-refractivity contribution in [3.8, 4) is 0 Å². The van der Waals surface area contributed by atoms with Crippen molar-refractivity contribution in [3.05, 3.63) is 44.6 Å². The maximum absolute atomic E-state index is 13.8. The number of anilines is 2. The summed E-state index contributed by atoms with van der Waals surface area (Å²) in [4.78, 5) is 47.8. The monoisotopic (exact) mass is 668 g/mol. The number of nitrogens with zero attached hydrogens (tertiary/aromatic N) is 4. The van der Waals surface area contributed by atoms with Gasteiger partial charge < -0.3 is 30.7 Å². The molecule has 2 fully saturated rings. The van der Waals surface area contributed by atoms with E-state index in [9.17, 15) is 27.6 Å². The van der Waals surface area contributed by atoms with Crippen LogP contribution in [0.3, 0.4) is 0 Å². The lowest BCUT2D eigenvalue weighted by Crippen LogP contribution is -2.51. The molecule has 0 saturated carbocycles. The maximum Gasteiger partial charge on any atom is 0.418 e. The van der Waals surface area contributed by atoms with E-state index in [2.05, 4.69) is 10.2 Å². The van der Waals surface area contributed by atoms with E-state index in [-0.39, 0.29) is 47.3 Å². The Bertz CT molecular complexity index is 1400. The summed E-state index contributed by atoms with van der Waals surface area (Å²) >= 11 is 7.65. The summed E-state index contributed by atoms with van der Waals surface area (Å²) in [7, 11) is 3.99. The van der Waals surface area contributed by atoms with Gasteiger partial charge in [0.1, 0.15) is 0 Å². The molecule has 1 atom stereocenters. The van der Waals surface area contributed by atoms with Gasteiger partial charge >= 0.3 is 12.2 Å². The Morgan fingerprint density at radius 1 is 1.07 bits per heavy atom. The second-order valence-electron chi connectivity index (χ2n) is 12.5. The van der Waals surface area contributed by atoms with Crippen LogP contribution in [0.5, 0.6) is 0 Å². The first-order valence-corrected chi connectivity index (χ1v) is 16.6. The second kappa shape index (κ2) is 13.8. The molecule has 4 amide bonds. The molecule has 1 aromatic heterocycles. The molecule has 0 aliphatic carbocycles. The third-order valence-corrected chi connectivity index (χ3v) is 10.5. The number of nitrogens with two attached hydrogens (primary N) is 1. The van der Waals surface area contributed by atoms with Crippen LogP contribution in [0.25, 0.3) is 0 Å². The number of likely N-dealkylation sites (tertiary alicyclic amines) is 2. The molecule has 2 saturated heterocycles. The summed E-state index contributed by atoms with van der Waals surface area (Å²) in [6.07, 6.45) is -1.41. The largest absolute Gasteiger partial charge is 0.418 e. The maximum atomic E-state index is 13.8. The summed E-state index contributed by atoms with van der Waals surface area (Å²) < 4.78 is 41.1. The number of urea groups is 1. The molecule has 14 heteroatoms. The van der Waals surface area contributed by atoms with Crippen molar-refractivity contribution in [3.63, 3.8) is 0 Å². The Labute approximate surface area is 270 Å². The molecule has 246 valence electrons. The summed E-state index contributed by atoms with van der Waals surface area (Å²) in [5.41, 5.74) is 6.20. The molecule has 4 heterocycles. The number of benzene rings is 1. The minimum atomic E-state index is -4.71. The van der Waals surface area contributed by atoms with E-state index in [0.717, 1.165) is 36.6 Å².